The van der Waals surface area contributed by atoms with E-state index in [1.807, 2.05) is 0 Å². The zero-order valence-electron chi connectivity index (χ0n) is 14.9. The van der Waals surface area contributed by atoms with E-state index in [9.17, 15) is 27.5 Å². The Morgan fingerprint density at radius 1 is 1.32 bits per heavy atom. The van der Waals surface area contributed by atoms with Crippen molar-refractivity contribution in [2.24, 2.45) is 5.73 Å². The van der Waals surface area contributed by atoms with Crippen LogP contribution in [0.5, 0.6) is 0 Å². The standard InChI is InChI=1S/C16H21Cl2FN2O6S/c1-28(25,26)11-4-2-10(3-5-11)12(6-7-19)16(15(23)24,27-9-8-20)21-14(22)13(17)18/h2-5,12-13H,6-9,20H2,1H3,(H,21,22)(H,23,24)/t12-,16+/m1/s1. The van der Waals surface area contributed by atoms with E-state index in [0.717, 1.165) is 6.26 Å². The zero-order chi connectivity index (χ0) is 21.5. The van der Waals surface area contributed by atoms with E-state index in [4.69, 9.17) is 33.7 Å². The number of carbonyl (C=O) groups is 2. The third kappa shape index (κ3) is 6.02. The van der Waals surface area contributed by atoms with Gasteiger partial charge in [0.1, 0.15) is 0 Å². The van der Waals surface area contributed by atoms with Gasteiger partial charge in [0.05, 0.1) is 18.2 Å². The number of hydrogen-bond acceptors (Lipinski definition) is 6. The Labute approximate surface area is 172 Å². The van der Waals surface area contributed by atoms with Crippen molar-refractivity contribution < 1.29 is 32.2 Å². The van der Waals surface area contributed by atoms with Crippen LogP contribution in [0.3, 0.4) is 0 Å². The minimum absolute atomic E-state index is 0.00957. The van der Waals surface area contributed by atoms with Crippen LogP contribution in [0, 0.1) is 0 Å². The Kier molecular flexibility index (Phi) is 9.09. The van der Waals surface area contributed by atoms with Crippen LogP contribution in [0.1, 0.15) is 17.9 Å². The molecule has 28 heavy (non-hydrogen) atoms. The molecule has 0 aliphatic carbocycles. The number of aliphatic carboxylic acids is 1. The van der Waals surface area contributed by atoms with Crippen LogP contribution in [0.15, 0.2) is 29.2 Å². The lowest BCUT2D eigenvalue weighted by atomic mass is 9.85. The number of rotatable bonds is 11. The Morgan fingerprint density at radius 2 is 1.89 bits per heavy atom. The van der Waals surface area contributed by atoms with Crippen LogP contribution >= 0.6 is 23.2 Å². The molecule has 0 aliphatic rings. The summed E-state index contributed by atoms with van der Waals surface area (Å²) in [6, 6.07) is 5.15. The van der Waals surface area contributed by atoms with Crippen LogP contribution in [0.2, 0.25) is 0 Å². The van der Waals surface area contributed by atoms with Crippen molar-refractivity contribution in [2.45, 2.75) is 27.8 Å². The van der Waals surface area contributed by atoms with E-state index < -0.39 is 44.9 Å². The minimum Gasteiger partial charge on any atom is -0.478 e. The lowest BCUT2D eigenvalue weighted by molar-refractivity contribution is -0.178. The van der Waals surface area contributed by atoms with Crippen molar-refractivity contribution in [3.63, 3.8) is 0 Å². The molecule has 0 aromatic heterocycles. The molecule has 0 saturated heterocycles. The molecule has 0 spiro atoms. The molecule has 0 bridgehead atoms. The van der Waals surface area contributed by atoms with E-state index in [2.05, 4.69) is 5.32 Å². The van der Waals surface area contributed by atoms with Gasteiger partial charge in [-0.3, -0.25) is 9.18 Å². The zero-order valence-corrected chi connectivity index (χ0v) is 17.2. The van der Waals surface area contributed by atoms with Crippen molar-refractivity contribution in [3.05, 3.63) is 29.8 Å². The van der Waals surface area contributed by atoms with E-state index in [1.165, 1.54) is 24.3 Å². The highest BCUT2D eigenvalue weighted by Crippen LogP contribution is 2.34. The predicted octanol–water partition coefficient (Wildman–Crippen LogP) is 1.21. The highest BCUT2D eigenvalue weighted by molar-refractivity contribution is 7.90. The van der Waals surface area contributed by atoms with Gasteiger partial charge in [-0.05, 0) is 24.1 Å². The molecule has 1 rings (SSSR count). The molecule has 0 heterocycles. The maximum Gasteiger partial charge on any atom is 0.358 e. The fraction of sp³-hybridized carbons (Fsp3) is 0.500. The van der Waals surface area contributed by atoms with Crippen molar-refractivity contribution in [1.29, 1.82) is 0 Å². The van der Waals surface area contributed by atoms with Crippen LogP contribution in [0.25, 0.3) is 0 Å². The molecular weight excluding hydrogens is 438 g/mol. The average Bonchev–Trinajstić information content (AvgIpc) is 2.62. The van der Waals surface area contributed by atoms with Gasteiger partial charge in [-0.1, -0.05) is 35.3 Å². The second-order valence-electron chi connectivity index (χ2n) is 5.84. The first-order chi connectivity index (χ1) is 13.0. The number of ether oxygens (including phenoxy) is 1. The first kappa shape index (κ1) is 24.6. The average molecular weight is 459 g/mol. The van der Waals surface area contributed by atoms with Gasteiger partial charge in [-0.15, -0.1) is 0 Å². The molecule has 1 aromatic rings. The summed E-state index contributed by atoms with van der Waals surface area (Å²) >= 11 is 11.0. The normalized spacial score (nSPS) is 15.1. The molecule has 1 aromatic carbocycles. The third-order valence-corrected chi connectivity index (χ3v) is 5.40. The second kappa shape index (κ2) is 10.4. The summed E-state index contributed by atoms with van der Waals surface area (Å²) in [5, 5.41) is 12.0. The number of carboxylic acids is 1. The van der Waals surface area contributed by atoms with Crippen LogP contribution < -0.4 is 11.1 Å². The Balaban J connectivity index is 3.51. The molecule has 2 atom stereocenters. The van der Waals surface area contributed by atoms with Crippen molar-refractivity contribution in [1.82, 2.24) is 5.32 Å². The summed E-state index contributed by atoms with van der Waals surface area (Å²) in [6.07, 6.45) is 0.652. The molecule has 0 aliphatic heterocycles. The SMILES string of the molecule is CS(=O)(=O)c1ccc([C@@H](CCF)[C@](NC(=O)C(Cl)Cl)(OCCN)C(=O)O)cc1. The highest BCUT2D eigenvalue weighted by Gasteiger charge is 2.50. The summed E-state index contributed by atoms with van der Waals surface area (Å²) in [4.78, 5) is 22.5. The Hall–Kier alpha value is -1.46. The largest absolute Gasteiger partial charge is 0.478 e. The number of alkyl halides is 3. The highest BCUT2D eigenvalue weighted by atomic mass is 35.5. The summed E-state index contributed by atoms with van der Waals surface area (Å²) in [6.45, 7) is -1.29. The number of benzene rings is 1. The first-order valence-electron chi connectivity index (χ1n) is 8.03. The molecule has 1 amide bonds. The topological polar surface area (TPSA) is 136 Å². The molecule has 8 nitrogen and oxygen atoms in total. The fourth-order valence-electron chi connectivity index (χ4n) is 2.61. The van der Waals surface area contributed by atoms with E-state index in [0.29, 0.717) is 0 Å². The van der Waals surface area contributed by atoms with Gasteiger partial charge in [-0.2, -0.15) is 0 Å². The first-order valence-corrected chi connectivity index (χ1v) is 10.8. The van der Waals surface area contributed by atoms with Gasteiger partial charge >= 0.3 is 5.97 Å². The van der Waals surface area contributed by atoms with Gasteiger partial charge in [0.2, 0.25) is 5.72 Å². The summed E-state index contributed by atoms with van der Waals surface area (Å²) in [7, 11) is -3.50. The van der Waals surface area contributed by atoms with Gasteiger partial charge in [0, 0.05) is 18.7 Å². The monoisotopic (exact) mass is 458 g/mol. The number of hydrogen-bond donors (Lipinski definition) is 3. The number of halogens is 3. The van der Waals surface area contributed by atoms with E-state index in [-0.39, 0.29) is 30.0 Å². The van der Waals surface area contributed by atoms with Crippen molar-refractivity contribution >= 4 is 44.9 Å². The summed E-state index contributed by atoms with van der Waals surface area (Å²) in [5.41, 5.74) is 3.19. The molecule has 0 unspecified atom stereocenters. The number of carboxylic acid groups (broad SMARTS) is 1. The van der Waals surface area contributed by atoms with E-state index >= 15 is 0 Å². The van der Waals surface area contributed by atoms with Gasteiger partial charge in [-0.25, -0.2) is 13.2 Å². The van der Waals surface area contributed by atoms with Gasteiger partial charge < -0.3 is 20.9 Å². The third-order valence-electron chi connectivity index (χ3n) is 3.87. The maximum absolute atomic E-state index is 13.3. The lowest BCUT2D eigenvalue weighted by Gasteiger charge is -2.37. The minimum atomic E-state index is -3.50. The van der Waals surface area contributed by atoms with Crippen LogP contribution in [-0.2, 0) is 24.2 Å². The second-order valence-corrected chi connectivity index (χ2v) is 8.95. The predicted molar refractivity (Wildman–Crippen MR) is 102 cm³/mol. The quantitative estimate of drug-likeness (QED) is 0.334. The summed E-state index contributed by atoms with van der Waals surface area (Å²) in [5.74, 6) is -3.90. The van der Waals surface area contributed by atoms with E-state index in [1.54, 1.807) is 0 Å². The molecular formula is C16H21Cl2FN2O6S. The lowest BCUT2D eigenvalue weighted by Crippen LogP contribution is -2.61. The molecule has 12 heteroatoms. The van der Waals surface area contributed by atoms with Gasteiger partial charge in [0.25, 0.3) is 5.91 Å². The number of amides is 1. The van der Waals surface area contributed by atoms with Crippen LogP contribution in [0.4, 0.5) is 4.39 Å². The fourth-order valence-corrected chi connectivity index (χ4v) is 3.35. The number of carbonyl (C=O) groups excluding carboxylic acids is 1. The Morgan fingerprint density at radius 3 is 2.29 bits per heavy atom. The van der Waals surface area contributed by atoms with Crippen molar-refractivity contribution in [2.75, 3.05) is 26.1 Å². The molecule has 4 N–H and O–H groups in total. The summed E-state index contributed by atoms with van der Waals surface area (Å²) < 4.78 is 41.9. The van der Waals surface area contributed by atoms with Crippen LogP contribution in [-0.4, -0.2) is 62.0 Å². The number of nitrogens with two attached hydrogens (primary N) is 1. The van der Waals surface area contributed by atoms with Gasteiger partial charge in [0.15, 0.2) is 14.7 Å². The smallest absolute Gasteiger partial charge is 0.358 e. The molecule has 158 valence electrons. The maximum atomic E-state index is 13.3. The molecule has 0 saturated carbocycles. The van der Waals surface area contributed by atoms with Crippen molar-refractivity contribution in [3.8, 4) is 0 Å². The number of nitrogens with one attached hydrogen (secondary N) is 1. The Bertz CT molecular complexity index is 791. The number of sulfone groups is 1. The molecule has 0 radical (unpaired) electrons. The molecule has 0 fully saturated rings.